The van der Waals surface area contributed by atoms with E-state index in [2.05, 4.69) is 17.6 Å². The van der Waals surface area contributed by atoms with Gasteiger partial charge in [-0.25, -0.2) is 4.79 Å². The van der Waals surface area contributed by atoms with Crippen molar-refractivity contribution in [1.29, 1.82) is 0 Å². The third kappa shape index (κ3) is 4.81. The molecule has 1 heterocycles. The third-order valence-corrected chi connectivity index (χ3v) is 4.38. The molecule has 1 saturated heterocycles. The molecule has 1 aromatic carbocycles. The number of nitrogens with one attached hydrogen (secondary N) is 2. The molecule has 1 fully saturated rings. The molecular formula is C19H27N3O3. The SMILES string of the molecule is CCc1ccc(C(C)NC(=O)CN2C(=O)NC(CC(C)C)C2=O)cc1. The van der Waals surface area contributed by atoms with Crippen LogP contribution in [0.5, 0.6) is 0 Å². The van der Waals surface area contributed by atoms with Gasteiger partial charge in [-0.05, 0) is 36.8 Å². The van der Waals surface area contributed by atoms with Gasteiger partial charge in [0.15, 0.2) is 0 Å². The van der Waals surface area contributed by atoms with E-state index in [4.69, 9.17) is 0 Å². The fourth-order valence-electron chi connectivity index (χ4n) is 2.91. The number of rotatable bonds is 7. The Morgan fingerprint density at radius 3 is 2.40 bits per heavy atom. The van der Waals surface area contributed by atoms with Crippen LogP contribution in [0.3, 0.4) is 0 Å². The van der Waals surface area contributed by atoms with Crippen LogP contribution in [0.25, 0.3) is 0 Å². The summed E-state index contributed by atoms with van der Waals surface area (Å²) >= 11 is 0. The van der Waals surface area contributed by atoms with Gasteiger partial charge in [-0.3, -0.25) is 14.5 Å². The Kier molecular flexibility index (Phi) is 6.17. The molecule has 1 aromatic rings. The first-order chi connectivity index (χ1) is 11.8. The van der Waals surface area contributed by atoms with E-state index >= 15 is 0 Å². The number of urea groups is 1. The standard InChI is InChI=1S/C19H27N3O3/c1-5-14-6-8-15(9-7-14)13(4)20-17(23)11-22-18(24)16(10-12(2)3)21-19(22)25/h6-9,12-13,16H,5,10-11H2,1-4H3,(H,20,23)(H,21,25). The number of carbonyl (C=O) groups excluding carboxylic acids is 3. The number of hydrogen-bond acceptors (Lipinski definition) is 3. The fraction of sp³-hybridized carbons (Fsp3) is 0.526. The van der Waals surface area contributed by atoms with Gasteiger partial charge in [-0.15, -0.1) is 0 Å². The molecule has 25 heavy (non-hydrogen) atoms. The second-order valence-electron chi connectivity index (χ2n) is 6.94. The zero-order chi connectivity index (χ0) is 18.6. The highest BCUT2D eigenvalue weighted by Crippen LogP contribution is 2.16. The highest BCUT2D eigenvalue weighted by atomic mass is 16.2. The topological polar surface area (TPSA) is 78.5 Å². The van der Waals surface area contributed by atoms with Gasteiger partial charge >= 0.3 is 6.03 Å². The molecule has 0 aliphatic carbocycles. The molecule has 0 aromatic heterocycles. The predicted molar refractivity (Wildman–Crippen MR) is 95.9 cm³/mol. The Morgan fingerprint density at radius 1 is 1.20 bits per heavy atom. The van der Waals surface area contributed by atoms with E-state index in [-0.39, 0.29) is 30.3 Å². The predicted octanol–water partition coefficient (Wildman–Crippen LogP) is 2.39. The molecule has 2 N–H and O–H groups in total. The largest absolute Gasteiger partial charge is 0.348 e. The summed E-state index contributed by atoms with van der Waals surface area (Å²) in [5, 5.41) is 5.49. The molecule has 2 unspecified atom stereocenters. The van der Waals surface area contributed by atoms with Crippen LogP contribution in [0.1, 0.15) is 51.3 Å². The summed E-state index contributed by atoms with van der Waals surface area (Å²) in [5.74, 6) is -0.385. The molecule has 1 aliphatic rings. The second-order valence-corrected chi connectivity index (χ2v) is 6.94. The first-order valence-corrected chi connectivity index (χ1v) is 8.81. The van der Waals surface area contributed by atoms with E-state index in [0.29, 0.717) is 6.42 Å². The van der Waals surface area contributed by atoms with Gasteiger partial charge in [0, 0.05) is 0 Å². The molecule has 136 valence electrons. The second kappa shape index (κ2) is 8.14. The zero-order valence-corrected chi connectivity index (χ0v) is 15.3. The lowest BCUT2D eigenvalue weighted by Crippen LogP contribution is -2.41. The van der Waals surface area contributed by atoms with Crippen LogP contribution in [0, 0.1) is 5.92 Å². The van der Waals surface area contributed by atoms with Crippen LogP contribution in [-0.4, -0.2) is 35.3 Å². The van der Waals surface area contributed by atoms with Crippen molar-refractivity contribution in [3.63, 3.8) is 0 Å². The summed E-state index contributed by atoms with van der Waals surface area (Å²) in [5.41, 5.74) is 2.22. The maximum atomic E-state index is 12.3. The monoisotopic (exact) mass is 345 g/mol. The lowest BCUT2D eigenvalue weighted by atomic mass is 10.0. The van der Waals surface area contributed by atoms with Gasteiger partial charge in [0.05, 0.1) is 6.04 Å². The number of carbonyl (C=O) groups is 3. The number of aryl methyl sites for hydroxylation is 1. The number of amides is 4. The van der Waals surface area contributed by atoms with E-state index in [1.54, 1.807) is 0 Å². The molecule has 1 aliphatic heterocycles. The maximum Gasteiger partial charge on any atom is 0.325 e. The Hall–Kier alpha value is -2.37. The average Bonchev–Trinajstić information content (AvgIpc) is 2.81. The Bertz CT molecular complexity index is 640. The van der Waals surface area contributed by atoms with Crippen LogP contribution in [0.2, 0.25) is 0 Å². The van der Waals surface area contributed by atoms with Crippen molar-refractivity contribution >= 4 is 17.8 Å². The summed E-state index contributed by atoms with van der Waals surface area (Å²) in [6, 6.07) is 6.82. The first-order valence-electron chi connectivity index (χ1n) is 8.81. The molecule has 2 rings (SSSR count). The fourth-order valence-corrected chi connectivity index (χ4v) is 2.91. The smallest absolute Gasteiger partial charge is 0.325 e. The van der Waals surface area contributed by atoms with Crippen LogP contribution < -0.4 is 10.6 Å². The number of nitrogens with zero attached hydrogens (tertiary/aromatic N) is 1. The normalized spacial score (nSPS) is 18.4. The maximum absolute atomic E-state index is 12.3. The van der Waals surface area contributed by atoms with Crippen molar-refractivity contribution in [2.75, 3.05) is 6.54 Å². The summed E-state index contributed by atoms with van der Waals surface area (Å²) < 4.78 is 0. The van der Waals surface area contributed by atoms with Gasteiger partial charge in [0.25, 0.3) is 5.91 Å². The molecule has 6 nitrogen and oxygen atoms in total. The molecule has 0 radical (unpaired) electrons. The minimum atomic E-state index is -0.528. The van der Waals surface area contributed by atoms with E-state index in [9.17, 15) is 14.4 Å². The summed E-state index contributed by atoms with van der Waals surface area (Å²) in [7, 11) is 0. The summed E-state index contributed by atoms with van der Waals surface area (Å²) in [6.45, 7) is 7.69. The van der Waals surface area contributed by atoms with Crippen molar-refractivity contribution < 1.29 is 14.4 Å². The highest BCUT2D eigenvalue weighted by molar-refractivity contribution is 6.06. The van der Waals surface area contributed by atoms with Crippen molar-refractivity contribution in [1.82, 2.24) is 15.5 Å². The minimum absolute atomic E-state index is 0.189. The molecular weight excluding hydrogens is 318 g/mol. The van der Waals surface area contributed by atoms with Gasteiger partial charge in [0.2, 0.25) is 5.91 Å². The van der Waals surface area contributed by atoms with Crippen LogP contribution in [0.4, 0.5) is 4.79 Å². The average molecular weight is 345 g/mol. The molecule has 4 amide bonds. The van der Waals surface area contributed by atoms with Crippen LogP contribution in [0.15, 0.2) is 24.3 Å². The lowest BCUT2D eigenvalue weighted by molar-refractivity contribution is -0.132. The molecule has 0 bridgehead atoms. The lowest BCUT2D eigenvalue weighted by Gasteiger charge is -2.18. The van der Waals surface area contributed by atoms with Crippen molar-refractivity contribution in [3.05, 3.63) is 35.4 Å². The van der Waals surface area contributed by atoms with E-state index in [0.717, 1.165) is 16.9 Å². The van der Waals surface area contributed by atoms with Gasteiger partial charge in [-0.1, -0.05) is 45.0 Å². The van der Waals surface area contributed by atoms with Gasteiger partial charge < -0.3 is 10.6 Å². The highest BCUT2D eigenvalue weighted by Gasteiger charge is 2.39. The first kappa shape index (κ1) is 19.0. The Morgan fingerprint density at radius 2 is 1.84 bits per heavy atom. The third-order valence-electron chi connectivity index (χ3n) is 4.38. The number of imide groups is 1. The quantitative estimate of drug-likeness (QED) is 0.745. The number of benzene rings is 1. The van der Waals surface area contributed by atoms with Gasteiger partial charge in [-0.2, -0.15) is 0 Å². The van der Waals surface area contributed by atoms with Crippen molar-refractivity contribution in [3.8, 4) is 0 Å². The van der Waals surface area contributed by atoms with Gasteiger partial charge in [0.1, 0.15) is 12.6 Å². The van der Waals surface area contributed by atoms with E-state index in [1.165, 1.54) is 5.56 Å². The molecule has 6 heteroatoms. The van der Waals surface area contributed by atoms with Crippen LogP contribution in [-0.2, 0) is 16.0 Å². The Balaban J connectivity index is 1.92. The minimum Gasteiger partial charge on any atom is -0.348 e. The Labute approximate surface area is 149 Å². The van der Waals surface area contributed by atoms with Crippen LogP contribution >= 0.6 is 0 Å². The summed E-state index contributed by atoms with van der Waals surface area (Å²) in [4.78, 5) is 37.5. The van der Waals surface area contributed by atoms with Crippen molar-refractivity contribution in [2.24, 2.45) is 5.92 Å². The molecule has 2 atom stereocenters. The number of hydrogen-bond donors (Lipinski definition) is 2. The van der Waals surface area contributed by atoms with E-state index < -0.39 is 12.1 Å². The molecule has 0 saturated carbocycles. The summed E-state index contributed by atoms with van der Waals surface area (Å²) in [6.07, 6.45) is 1.54. The van der Waals surface area contributed by atoms with E-state index in [1.807, 2.05) is 45.0 Å². The zero-order valence-electron chi connectivity index (χ0n) is 15.3. The van der Waals surface area contributed by atoms with Crippen molar-refractivity contribution in [2.45, 2.75) is 52.6 Å². The molecule has 0 spiro atoms.